The summed E-state index contributed by atoms with van der Waals surface area (Å²) in [4.78, 5) is 25.1. The van der Waals surface area contributed by atoms with Gasteiger partial charge >= 0.3 is 0 Å². The van der Waals surface area contributed by atoms with E-state index in [9.17, 15) is 4.79 Å². The summed E-state index contributed by atoms with van der Waals surface area (Å²) >= 11 is 6.47. The summed E-state index contributed by atoms with van der Waals surface area (Å²) in [6, 6.07) is 11.9. The molecule has 0 saturated heterocycles. The van der Waals surface area contributed by atoms with E-state index < -0.39 is 0 Å². The standard InChI is InChI=1S/C20H18BrN5OS2/c1-3-10-25(11-14-8-9-17(21)29-14)18(27)12-28-20-23-16-7-5-4-6-15(16)19-22-13(2)24-26(19)20/h3-9H,1,10-12H2,2H3. The van der Waals surface area contributed by atoms with Crippen LogP contribution < -0.4 is 0 Å². The molecule has 6 nitrogen and oxygen atoms in total. The summed E-state index contributed by atoms with van der Waals surface area (Å²) in [5, 5.41) is 6.07. The van der Waals surface area contributed by atoms with Crippen LogP contribution in [0.2, 0.25) is 0 Å². The molecule has 0 unspecified atom stereocenters. The molecule has 0 fully saturated rings. The SMILES string of the molecule is C=CCN(Cc1ccc(Br)s1)C(=O)CSc1nc2ccccc2c2nc(C)nn12. The number of carbonyl (C=O) groups excluding carboxylic acids is 1. The summed E-state index contributed by atoms with van der Waals surface area (Å²) in [7, 11) is 0. The van der Waals surface area contributed by atoms with Crippen LogP contribution in [0.1, 0.15) is 10.7 Å². The molecule has 0 radical (unpaired) electrons. The summed E-state index contributed by atoms with van der Waals surface area (Å²) in [6.45, 7) is 6.70. The van der Waals surface area contributed by atoms with Gasteiger partial charge < -0.3 is 4.90 Å². The Morgan fingerprint density at radius 2 is 2.14 bits per heavy atom. The quantitative estimate of drug-likeness (QED) is 0.214. The van der Waals surface area contributed by atoms with Crippen molar-refractivity contribution in [3.05, 3.63) is 63.5 Å². The number of halogens is 1. The van der Waals surface area contributed by atoms with Crippen molar-refractivity contribution in [2.24, 2.45) is 0 Å². The second-order valence-corrected chi connectivity index (χ2v) is 9.85. The first kappa shape index (κ1) is 20.1. The third kappa shape index (κ3) is 4.36. The van der Waals surface area contributed by atoms with E-state index in [0.717, 1.165) is 25.2 Å². The van der Waals surface area contributed by atoms with Gasteiger partial charge in [-0.2, -0.15) is 4.52 Å². The van der Waals surface area contributed by atoms with E-state index in [4.69, 9.17) is 4.98 Å². The Bertz CT molecular complexity index is 1200. The van der Waals surface area contributed by atoms with E-state index in [1.807, 2.05) is 43.3 Å². The Kier molecular flexibility index (Phi) is 5.98. The number of aryl methyl sites for hydroxylation is 1. The first-order valence-electron chi connectivity index (χ1n) is 8.93. The normalized spacial score (nSPS) is 11.2. The molecule has 29 heavy (non-hydrogen) atoms. The number of hydrogen-bond acceptors (Lipinski definition) is 6. The lowest BCUT2D eigenvalue weighted by Crippen LogP contribution is -2.31. The van der Waals surface area contributed by atoms with Gasteiger partial charge in [-0.15, -0.1) is 23.0 Å². The Morgan fingerprint density at radius 1 is 1.31 bits per heavy atom. The molecule has 4 aromatic rings. The molecule has 0 aliphatic rings. The van der Waals surface area contributed by atoms with Crippen molar-refractivity contribution < 1.29 is 4.79 Å². The number of aromatic nitrogens is 4. The molecule has 0 aliphatic carbocycles. The molecule has 1 amide bonds. The second kappa shape index (κ2) is 8.64. The van der Waals surface area contributed by atoms with E-state index in [-0.39, 0.29) is 11.7 Å². The smallest absolute Gasteiger partial charge is 0.233 e. The highest BCUT2D eigenvalue weighted by Crippen LogP contribution is 2.26. The van der Waals surface area contributed by atoms with Gasteiger partial charge in [0.25, 0.3) is 0 Å². The zero-order chi connectivity index (χ0) is 20.4. The van der Waals surface area contributed by atoms with Crippen molar-refractivity contribution >= 4 is 61.5 Å². The average Bonchev–Trinajstić information content (AvgIpc) is 3.30. The van der Waals surface area contributed by atoms with Crippen LogP contribution in [0.25, 0.3) is 16.6 Å². The van der Waals surface area contributed by atoms with Crippen LogP contribution in [0.5, 0.6) is 0 Å². The Balaban J connectivity index is 1.57. The van der Waals surface area contributed by atoms with Crippen molar-refractivity contribution in [2.45, 2.75) is 18.6 Å². The Labute approximate surface area is 184 Å². The summed E-state index contributed by atoms with van der Waals surface area (Å²) in [6.07, 6.45) is 1.75. The monoisotopic (exact) mass is 487 g/mol. The summed E-state index contributed by atoms with van der Waals surface area (Å²) in [5.41, 5.74) is 1.60. The topological polar surface area (TPSA) is 63.4 Å². The fourth-order valence-corrected chi connectivity index (χ4v) is 5.33. The number of nitrogens with zero attached hydrogens (tertiary/aromatic N) is 5. The molecule has 4 rings (SSSR count). The number of carbonyl (C=O) groups is 1. The molecule has 0 bridgehead atoms. The fraction of sp³-hybridized carbons (Fsp3) is 0.200. The molecule has 0 N–H and O–H groups in total. The van der Waals surface area contributed by atoms with Crippen molar-refractivity contribution in [3.8, 4) is 0 Å². The van der Waals surface area contributed by atoms with Gasteiger partial charge in [0.05, 0.1) is 21.6 Å². The number of hydrogen-bond donors (Lipinski definition) is 0. The van der Waals surface area contributed by atoms with Crippen LogP contribution in [0.3, 0.4) is 0 Å². The largest absolute Gasteiger partial charge is 0.333 e. The lowest BCUT2D eigenvalue weighted by atomic mass is 10.2. The molecule has 0 aliphatic heterocycles. The van der Waals surface area contributed by atoms with Crippen LogP contribution in [0.4, 0.5) is 0 Å². The molecular formula is C20H18BrN5OS2. The van der Waals surface area contributed by atoms with Gasteiger partial charge in [-0.1, -0.05) is 30.0 Å². The van der Waals surface area contributed by atoms with E-state index in [1.165, 1.54) is 11.8 Å². The average molecular weight is 488 g/mol. The molecule has 9 heteroatoms. The Hall–Kier alpha value is -2.23. The predicted molar refractivity (Wildman–Crippen MR) is 121 cm³/mol. The minimum Gasteiger partial charge on any atom is -0.333 e. The van der Waals surface area contributed by atoms with Crippen LogP contribution in [-0.2, 0) is 11.3 Å². The molecule has 0 spiro atoms. The van der Waals surface area contributed by atoms with Gasteiger partial charge in [0.15, 0.2) is 10.8 Å². The van der Waals surface area contributed by atoms with Crippen molar-refractivity contribution in [3.63, 3.8) is 0 Å². The van der Waals surface area contributed by atoms with Crippen molar-refractivity contribution in [1.29, 1.82) is 0 Å². The number of para-hydroxylation sites is 1. The maximum atomic E-state index is 12.9. The number of amides is 1. The van der Waals surface area contributed by atoms with Gasteiger partial charge in [-0.05, 0) is 47.1 Å². The lowest BCUT2D eigenvalue weighted by molar-refractivity contribution is -0.128. The zero-order valence-electron chi connectivity index (χ0n) is 15.7. The molecule has 0 saturated carbocycles. The minimum atomic E-state index is 0.0272. The minimum absolute atomic E-state index is 0.0272. The van der Waals surface area contributed by atoms with Gasteiger partial charge in [0.2, 0.25) is 5.91 Å². The van der Waals surface area contributed by atoms with Crippen molar-refractivity contribution in [2.75, 3.05) is 12.3 Å². The van der Waals surface area contributed by atoms with E-state index in [1.54, 1.807) is 26.8 Å². The Morgan fingerprint density at radius 3 is 2.90 bits per heavy atom. The molecule has 3 aromatic heterocycles. The van der Waals surface area contributed by atoms with Gasteiger partial charge in [0.1, 0.15) is 5.82 Å². The van der Waals surface area contributed by atoms with Gasteiger partial charge in [-0.3, -0.25) is 4.79 Å². The van der Waals surface area contributed by atoms with Crippen LogP contribution in [-0.4, -0.2) is 42.7 Å². The zero-order valence-corrected chi connectivity index (χ0v) is 18.9. The third-order valence-corrected chi connectivity index (χ3v) is 6.78. The number of fused-ring (bicyclic) bond motifs is 3. The van der Waals surface area contributed by atoms with E-state index in [2.05, 4.69) is 32.6 Å². The summed E-state index contributed by atoms with van der Waals surface area (Å²) in [5.74, 6) is 0.965. The third-order valence-electron chi connectivity index (χ3n) is 4.26. The molecule has 3 heterocycles. The fourth-order valence-electron chi connectivity index (χ4n) is 2.98. The highest BCUT2D eigenvalue weighted by molar-refractivity contribution is 9.11. The van der Waals surface area contributed by atoms with Gasteiger partial charge in [0, 0.05) is 16.8 Å². The highest BCUT2D eigenvalue weighted by atomic mass is 79.9. The predicted octanol–water partition coefficient (Wildman–Crippen LogP) is 4.72. The highest BCUT2D eigenvalue weighted by Gasteiger charge is 2.17. The molecule has 1 aromatic carbocycles. The first-order valence-corrected chi connectivity index (χ1v) is 11.5. The second-order valence-electron chi connectivity index (χ2n) is 6.36. The summed E-state index contributed by atoms with van der Waals surface area (Å²) < 4.78 is 2.78. The van der Waals surface area contributed by atoms with Gasteiger partial charge in [-0.25, -0.2) is 9.97 Å². The number of benzene rings is 1. The van der Waals surface area contributed by atoms with Crippen molar-refractivity contribution in [1.82, 2.24) is 24.5 Å². The molecular weight excluding hydrogens is 470 g/mol. The van der Waals surface area contributed by atoms with E-state index >= 15 is 0 Å². The van der Waals surface area contributed by atoms with Crippen LogP contribution in [0.15, 0.2) is 58.0 Å². The van der Waals surface area contributed by atoms with Crippen LogP contribution in [0, 0.1) is 6.92 Å². The molecule has 148 valence electrons. The maximum absolute atomic E-state index is 12.9. The first-order chi connectivity index (χ1) is 14.0. The van der Waals surface area contributed by atoms with E-state index in [0.29, 0.717) is 24.1 Å². The molecule has 0 atom stereocenters. The number of thiophene rings is 1. The lowest BCUT2D eigenvalue weighted by Gasteiger charge is -2.20. The van der Waals surface area contributed by atoms with Crippen LogP contribution >= 0.6 is 39.0 Å². The number of thioether (sulfide) groups is 1. The maximum Gasteiger partial charge on any atom is 0.233 e. The number of rotatable bonds is 7.